The van der Waals surface area contributed by atoms with Gasteiger partial charge >= 0.3 is 5.97 Å². The number of rotatable bonds is 6. The molecule has 2 aliphatic rings. The molecule has 168 valence electrons. The third kappa shape index (κ3) is 7.01. The zero-order valence-corrected chi connectivity index (χ0v) is 20.5. The molecule has 2 aliphatic heterocycles. The van der Waals surface area contributed by atoms with Crippen LogP contribution in [-0.4, -0.2) is 69.4 Å². The number of esters is 1. The van der Waals surface area contributed by atoms with Crippen molar-refractivity contribution in [2.75, 3.05) is 57.4 Å². The fourth-order valence-electron chi connectivity index (χ4n) is 3.85. The number of carbonyl (C=O) groups excluding carboxylic acids is 1. The summed E-state index contributed by atoms with van der Waals surface area (Å²) in [4.78, 5) is 21.5. The van der Waals surface area contributed by atoms with Gasteiger partial charge in [-0.2, -0.15) is 0 Å². The molecule has 0 aromatic heterocycles. The molecule has 3 rings (SSSR count). The molecule has 1 aromatic rings. The number of likely N-dealkylation sites (tertiary alicyclic amines) is 1. The summed E-state index contributed by atoms with van der Waals surface area (Å²) in [5.74, 6) is 0.714. The first kappa shape index (κ1) is 24.7. The monoisotopic (exact) mass is 530 g/mol. The predicted molar refractivity (Wildman–Crippen MR) is 131 cm³/mol. The quantitative estimate of drug-likeness (QED) is 0.264. The third-order valence-electron chi connectivity index (χ3n) is 5.40. The highest BCUT2D eigenvalue weighted by Crippen LogP contribution is 2.19. The maximum absolute atomic E-state index is 12.1. The highest BCUT2D eigenvalue weighted by Gasteiger charge is 2.28. The largest absolute Gasteiger partial charge is 0.466 e. The van der Waals surface area contributed by atoms with Crippen LogP contribution in [0, 0.1) is 5.92 Å². The van der Waals surface area contributed by atoms with Crippen LogP contribution in [0.4, 0.5) is 5.69 Å². The van der Waals surface area contributed by atoms with Crippen molar-refractivity contribution in [3.05, 3.63) is 29.8 Å². The number of nitrogens with zero attached hydrogens (tertiary/aromatic N) is 3. The number of benzene rings is 1. The van der Waals surface area contributed by atoms with Crippen LogP contribution in [0.25, 0.3) is 0 Å². The summed E-state index contributed by atoms with van der Waals surface area (Å²) in [7, 11) is 0. The molecule has 0 bridgehead atoms. The van der Waals surface area contributed by atoms with Crippen LogP contribution in [0.2, 0.25) is 0 Å². The molecular weight excluding hydrogens is 495 g/mol. The summed E-state index contributed by atoms with van der Waals surface area (Å²) < 4.78 is 10.6. The van der Waals surface area contributed by atoms with E-state index in [-0.39, 0.29) is 35.9 Å². The first-order chi connectivity index (χ1) is 14.2. The van der Waals surface area contributed by atoms with Gasteiger partial charge in [-0.1, -0.05) is 12.1 Å². The normalized spacial score (nSPS) is 19.8. The van der Waals surface area contributed by atoms with Crippen molar-refractivity contribution in [3.63, 3.8) is 0 Å². The van der Waals surface area contributed by atoms with Crippen molar-refractivity contribution in [3.8, 4) is 0 Å². The van der Waals surface area contributed by atoms with Crippen LogP contribution in [0.5, 0.6) is 0 Å². The third-order valence-corrected chi connectivity index (χ3v) is 5.40. The van der Waals surface area contributed by atoms with Crippen LogP contribution in [0.15, 0.2) is 29.3 Å². The van der Waals surface area contributed by atoms with E-state index < -0.39 is 0 Å². The summed E-state index contributed by atoms with van der Waals surface area (Å²) >= 11 is 0. The Bertz CT molecular complexity index is 677. The lowest BCUT2D eigenvalue weighted by molar-refractivity contribution is -0.149. The molecule has 1 unspecified atom stereocenters. The molecule has 1 aromatic carbocycles. The van der Waals surface area contributed by atoms with Crippen molar-refractivity contribution in [2.24, 2.45) is 10.9 Å². The Morgan fingerprint density at radius 3 is 2.60 bits per heavy atom. The van der Waals surface area contributed by atoms with Crippen molar-refractivity contribution in [1.82, 2.24) is 10.2 Å². The summed E-state index contributed by atoms with van der Waals surface area (Å²) in [5.41, 5.74) is 2.41. The minimum Gasteiger partial charge on any atom is -0.466 e. The van der Waals surface area contributed by atoms with E-state index >= 15 is 0 Å². The van der Waals surface area contributed by atoms with Crippen LogP contribution < -0.4 is 10.2 Å². The Kier molecular flexibility index (Phi) is 10.7. The van der Waals surface area contributed by atoms with Crippen LogP contribution in [0.3, 0.4) is 0 Å². The fourth-order valence-corrected chi connectivity index (χ4v) is 3.85. The number of nitrogens with one attached hydrogen (secondary N) is 1. The molecule has 2 heterocycles. The number of hydrogen-bond donors (Lipinski definition) is 1. The van der Waals surface area contributed by atoms with Crippen LogP contribution in [-0.2, 0) is 20.8 Å². The standard InChI is InChI=1S/C22H34N4O3.HI/c1-3-23-22(26-11-5-6-19(17-26)21(27)29-4-2)24-16-18-7-9-20(10-8-18)25-12-14-28-15-13-25;/h7-10,19H,3-6,11-17H2,1-2H3,(H,23,24);1H. The lowest BCUT2D eigenvalue weighted by Crippen LogP contribution is -2.48. The second-order valence-corrected chi connectivity index (χ2v) is 7.47. The van der Waals surface area contributed by atoms with Gasteiger partial charge in [0.15, 0.2) is 5.96 Å². The number of morpholine rings is 1. The molecule has 0 aliphatic carbocycles. The maximum Gasteiger partial charge on any atom is 0.310 e. The zero-order valence-electron chi connectivity index (χ0n) is 18.1. The Hall–Kier alpha value is -1.55. The Balaban J connectivity index is 0.00000320. The fraction of sp³-hybridized carbons (Fsp3) is 0.636. The molecule has 30 heavy (non-hydrogen) atoms. The topological polar surface area (TPSA) is 66.4 Å². The number of halogens is 1. The van der Waals surface area contributed by atoms with E-state index in [0.717, 1.165) is 58.2 Å². The van der Waals surface area contributed by atoms with E-state index in [1.165, 1.54) is 11.3 Å². The van der Waals surface area contributed by atoms with E-state index in [1.807, 2.05) is 6.92 Å². The van der Waals surface area contributed by atoms with Gasteiger partial charge in [-0.25, -0.2) is 4.99 Å². The van der Waals surface area contributed by atoms with Gasteiger partial charge in [0.25, 0.3) is 0 Å². The van der Waals surface area contributed by atoms with Gasteiger partial charge in [0.2, 0.25) is 0 Å². The molecule has 1 N–H and O–H groups in total. The molecule has 0 amide bonds. The first-order valence-corrected chi connectivity index (χ1v) is 10.8. The van der Waals surface area contributed by atoms with E-state index in [2.05, 4.69) is 46.3 Å². The number of aliphatic imine (C=N–C) groups is 1. The Morgan fingerprint density at radius 1 is 1.20 bits per heavy atom. The number of guanidine groups is 1. The maximum atomic E-state index is 12.1. The number of carbonyl (C=O) groups is 1. The van der Waals surface area contributed by atoms with Gasteiger partial charge in [0.1, 0.15) is 0 Å². The summed E-state index contributed by atoms with van der Waals surface area (Å²) in [6, 6.07) is 8.63. The number of hydrogen-bond acceptors (Lipinski definition) is 5. The summed E-state index contributed by atoms with van der Waals surface area (Å²) in [6.45, 7) is 10.8. The Labute approximate surface area is 197 Å². The van der Waals surface area contributed by atoms with Gasteiger partial charge < -0.3 is 24.6 Å². The van der Waals surface area contributed by atoms with Gasteiger partial charge in [0, 0.05) is 38.4 Å². The highest BCUT2D eigenvalue weighted by molar-refractivity contribution is 14.0. The van der Waals surface area contributed by atoms with Gasteiger partial charge in [0.05, 0.1) is 32.3 Å². The molecule has 0 radical (unpaired) electrons. The SMILES string of the molecule is CCNC(=NCc1ccc(N2CCOCC2)cc1)N1CCCC(C(=O)OCC)C1.I. The second-order valence-electron chi connectivity index (χ2n) is 7.47. The van der Waals surface area contributed by atoms with E-state index in [9.17, 15) is 4.79 Å². The van der Waals surface area contributed by atoms with Gasteiger partial charge in [-0.05, 0) is 44.4 Å². The lowest BCUT2D eigenvalue weighted by atomic mass is 9.98. The summed E-state index contributed by atoms with van der Waals surface area (Å²) in [5, 5.41) is 3.38. The van der Waals surface area contributed by atoms with Gasteiger partial charge in [-0.15, -0.1) is 24.0 Å². The van der Waals surface area contributed by atoms with E-state index in [1.54, 1.807) is 0 Å². The van der Waals surface area contributed by atoms with Crippen LogP contribution in [0.1, 0.15) is 32.3 Å². The van der Waals surface area contributed by atoms with Crippen LogP contribution >= 0.6 is 24.0 Å². The number of anilines is 1. The smallest absolute Gasteiger partial charge is 0.310 e. The minimum atomic E-state index is -0.0910. The molecule has 0 saturated carbocycles. The lowest BCUT2D eigenvalue weighted by Gasteiger charge is -2.34. The molecule has 2 fully saturated rings. The molecule has 1 atom stereocenters. The molecule has 0 spiro atoms. The first-order valence-electron chi connectivity index (χ1n) is 10.8. The summed E-state index contributed by atoms with van der Waals surface area (Å²) in [6.07, 6.45) is 1.86. The number of piperidine rings is 1. The van der Waals surface area contributed by atoms with Crippen molar-refractivity contribution in [2.45, 2.75) is 33.2 Å². The highest BCUT2D eigenvalue weighted by atomic mass is 127. The average molecular weight is 530 g/mol. The van der Waals surface area contributed by atoms with Gasteiger partial charge in [-0.3, -0.25) is 4.79 Å². The van der Waals surface area contributed by atoms with Crippen molar-refractivity contribution < 1.29 is 14.3 Å². The van der Waals surface area contributed by atoms with Crippen molar-refractivity contribution in [1.29, 1.82) is 0 Å². The predicted octanol–water partition coefficient (Wildman–Crippen LogP) is 2.88. The van der Waals surface area contributed by atoms with E-state index in [4.69, 9.17) is 14.5 Å². The second kappa shape index (κ2) is 13.0. The molecule has 7 nitrogen and oxygen atoms in total. The molecular formula is C22H35IN4O3. The number of ether oxygens (including phenoxy) is 2. The molecule has 2 saturated heterocycles. The van der Waals surface area contributed by atoms with E-state index in [0.29, 0.717) is 19.7 Å². The molecule has 8 heteroatoms. The average Bonchev–Trinajstić information content (AvgIpc) is 2.78. The Morgan fingerprint density at radius 2 is 1.93 bits per heavy atom. The minimum absolute atomic E-state index is 0. The zero-order chi connectivity index (χ0) is 20.5. The van der Waals surface area contributed by atoms with Crippen molar-refractivity contribution >= 4 is 41.6 Å².